The number of nitrogens with zero attached hydrogens (tertiary/aromatic N) is 4. The maximum atomic E-state index is 13.8. The van der Waals surface area contributed by atoms with Crippen molar-refractivity contribution >= 4 is 34.8 Å². The number of carbonyl (C=O) groups excluding carboxylic acids is 4. The Morgan fingerprint density at radius 2 is 1.48 bits per heavy atom. The molecule has 4 N–H and O–H groups in total. The van der Waals surface area contributed by atoms with E-state index in [1.54, 1.807) is 34.3 Å². The van der Waals surface area contributed by atoms with E-state index in [1.807, 2.05) is 63.3 Å². The number of allylic oxidation sites excluding steroid dienone is 3. The van der Waals surface area contributed by atoms with E-state index in [0.717, 1.165) is 46.9 Å². The van der Waals surface area contributed by atoms with Crippen LogP contribution in [0, 0.1) is 17.8 Å². The lowest BCUT2D eigenvalue weighted by Gasteiger charge is -2.30. The number of ether oxygens (including phenoxy) is 2. The number of nitrogens with one attached hydrogen (secondary N) is 4. The molecule has 2 aromatic heterocycles. The molecule has 14 nitrogen and oxygen atoms in total. The highest BCUT2D eigenvalue weighted by Crippen LogP contribution is 2.34. The van der Waals surface area contributed by atoms with E-state index in [-0.39, 0.29) is 29.8 Å². The molecule has 0 aliphatic carbocycles. The topological polar surface area (TPSA) is 175 Å². The third-order valence-corrected chi connectivity index (χ3v) is 10.5. The molecule has 58 heavy (non-hydrogen) atoms. The van der Waals surface area contributed by atoms with Crippen molar-refractivity contribution in [3.63, 3.8) is 0 Å². The zero-order valence-corrected chi connectivity index (χ0v) is 33.5. The first-order chi connectivity index (χ1) is 28.0. The van der Waals surface area contributed by atoms with Crippen LogP contribution in [0.15, 0.2) is 85.2 Å². The fraction of sp³-hybridized carbons (Fsp3) is 0.364. The number of aromatic amines is 2. The average molecular weight is 787 g/mol. The fourth-order valence-electron chi connectivity index (χ4n) is 7.40. The van der Waals surface area contributed by atoms with Crippen molar-refractivity contribution in [1.29, 1.82) is 0 Å². The molecule has 4 amide bonds. The number of hydrogen-bond donors (Lipinski definition) is 4. The zero-order valence-electron chi connectivity index (χ0n) is 33.5. The Labute approximate surface area is 338 Å². The zero-order chi connectivity index (χ0) is 41.3. The number of fused-ring (bicyclic) bond motifs is 1. The molecule has 2 aliphatic rings. The van der Waals surface area contributed by atoms with Crippen LogP contribution < -0.4 is 10.6 Å². The van der Waals surface area contributed by atoms with Gasteiger partial charge in [-0.1, -0.05) is 68.9 Å². The van der Waals surface area contributed by atoms with Crippen molar-refractivity contribution in [3.8, 4) is 23.1 Å². The highest BCUT2D eigenvalue weighted by atomic mass is 16.5. The van der Waals surface area contributed by atoms with Gasteiger partial charge in [0, 0.05) is 24.2 Å². The summed E-state index contributed by atoms with van der Waals surface area (Å²) < 4.78 is 9.54. The van der Waals surface area contributed by atoms with Gasteiger partial charge < -0.3 is 39.9 Å². The minimum absolute atomic E-state index is 0.115. The first kappa shape index (κ1) is 41.0. The number of methoxy groups -OCH3 is 2. The summed E-state index contributed by atoms with van der Waals surface area (Å²) in [5, 5.41) is 7.36. The summed E-state index contributed by atoms with van der Waals surface area (Å²) >= 11 is 0. The van der Waals surface area contributed by atoms with E-state index in [4.69, 9.17) is 9.47 Å². The predicted molar refractivity (Wildman–Crippen MR) is 220 cm³/mol. The van der Waals surface area contributed by atoms with Gasteiger partial charge in [-0.05, 0) is 79.0 Å². The molecule has 302 valence electrons. The molecule has 2 saturated heterocycles. The molecule has 2 aromatic carbocycles. The summed E-state index contributed by atoms with van der Waals surface area (Å²) in [5.41, 5.74) is 3.67. The van der Waals surface area contributed by atoms with Gasteiger partial charge in [0.05, 0.1) is 44.4 Å². The van der Waals surface area contributed by atoms with Crippen LogP contribution >= 0.6 is 0 Å². The molecule has 0 bridgehead atoms. The second-order valence-electron chi connectivity index (χ2n) is 14.7. The largest absolute Gasteiger partial charge is 0.453 e. The van der Waals surface area contributed by atoms with Crippen molar-refractivity contribution in [1.82, 2.24) is 40.4 Å². The molecule has 0 radical (unpaired) electrons. The standard InChI is InChI=1S/C44H50N8O6/c1-7-8-9-12-28(4)38(50-44(56)58-6)42(54)52-22-10-13-35(52)39-45-25-33(47-39)20-16-29-15-17-31-24-32(19-18-30(31)23-29)34-26-46-40(48-34)36-14-11-21-51(36)41(53)37(27(2)3)49-43(55)57-5/h7-9,12,15,17-19,23-27,35-38H,4,10-11,13-14,21-22H2,1-3,5-6H3,(H,45,47)(H,46,48)(H,49,55)(H,50,56)/b8-7-,12-9-/t35-,36-,37-,38+/m0/s1. The highest BCUT2D eigenvalue weighted by Gasteiger charge is 2.38. The van der Waals surface area contributed by atoms with Gasteiger partial charge in [-0.25, -0.2) is 19.6 Å². The summed E-state index contributed by atoms with van der Waals surface area (Å²) in [5.74, 6) is 7.18. The van der Waals surface area contributed by atoms with Crippen molar-refractivity contribution in [2.24, 2.45) is 5.92 Å². The summed E-state index contributed by atoms with van der Waals surface area (Å²) in [4.78, 5) is 71.0. The number of rotatable bonds is 11. The van der Waals surface area contributed by atoms with Crippen LogP contribution in [-0.2, 0) is 19.1 Å². The summed E-state index contributed by atoms with van der Waals surface area (Å²) in [7, 11) is 2.54. The van der Waals surface area contributed by atoms with Gasteiger partial charge in [0.2, 0.25) is 5.91 Å². The van der Waals surface area contributed by atoms with Gasteiger partial charge in [0.15, 0.2) is 0 Å². The molecule has 2 aliphatic heterocycles. The van der Waals surface area contributed by atoms with E-state index in [9.17, 15) is 19.2 Å². The predicted octanol–water partition coefficient (Wildman–Crippen LogP) is 6.47. The van der Waals surface area contributed by atoms with Gasteiger partial charge in [-0.15, -0.1) is 0 Å². The molecule has 6 rings (SSSR count). The Morgan fingerprint density at radius 3 is 2.17 bits per heavy atom. The van der Waals surface area contributed by atoms with Crippen molar-refractivity contribution in [2.75, 3.05) is 27.3 Å². The molecular weight excluding hydrogens is 737 g/mol. The Hall–Kier alpha value is -6.62. The third-order valence-electron chi connectivity index (χ3n) is 10.5. The van der Waals surface area contributed by atoms with Gasteiger partial charge in [0.25, 0.3) is 5.91 Å². The number of hydrogen-bond acceptors (Lipinski definition) is 8. The van der Waals surface area contributed by atoms with E-state index in [0.29, 0.717) is 42.4 Å². The molecule has 0 saturated carbocycles. The van der Waals surface area contributed by atoms with Crippen LogP contribution in [0.3, 0.4) is 0 Å². The molecule has 0 unspecified atom stereocenters. The number of likely N-dealkylation sites (tertiary alicyclic amines) is 2. The van der Waals surface area contributed by atoms with Crippen molar-refractivity contribution in [3.05, 3.63) is 108 Å². The second-order valence-corrected chi connectivity index (χ2v) is 14.7. The Kier molecular flexibility index (Phi) is 13.1. The van der Waals surface area contributed by atoms with Crippen molar-refractivity contribution < 1.29 is 28.7 Å². The molecule has 14 heteroatoms. The van der Waals surface area contributed by atoms with E-state index < -0.39 is 24.3 Å². The fourth-order valence-corrected chi connectivity index (χ4v) is 7.40. The molecule has 4 atom stereocenters. The molecule has 0 spiro atoms. The van der Waals surface area contributed by atoms with Crippen LogP contribution in [0.2, 0.25) is 0 Å². The molecule has 4 aromatic rings. The average Bonchev–Trinajstić information content (AvgIpc) is 4.07. The quantitative estimate of drug-likeness (QED) is 0.0989. The first-order valence-corrected chi connectivity index (χ1v) is 19.4. The van der Waals surface area contributed by atoms with Gasteiger partial charge in [0.1, 0.15) is 29.4 Å². The highest BCUT2D eigenvalue weighted by molar-refractivity contribution is 5.90. The summed E-state index contributed by atoms with van der Waals surface area (Å²) in [6.07, 6.45) is 12.3. The van der Waals surface area contributed by atoms with Crippen LogP contribution in [0.25, 0.3) is 22.0 Å². The minimum Gasteiger partial charge on any atom is -0.453 e. The second kappa shape index (κ2) is 18.5. The lowest BCUT2D eigenvalue weighted by atomic mass is 10.0. The lowest BCUT2D eigenvalue weighted by Crippen LogP contribution is -2.51. The molecule has 4 heterocycles. The van der Waals surface area contributed by atoms with E-state index >= 15 is 0 Å². The third kappa shape index (κ3) is 9.32. The molecular formula is C44H50N8O6. The normalized spacial score (nSPS) is 17.7. The van der Waals surface area contributed by atoms with Crippen molar-refractivity contribution in [2.45, 2.75) is 70.6 Å². The lowest BCUT2D eigenvalue weighted by molar-refractivity contribution is -0.135. The van der Waals surface area contributed by atoms with Crippen LogP contribution in [-0.4, -0.2) is 93.1 Å². The Balaban J connectivity index is 1.13. The van der Waals surface area contributed by atoms with Crippen LogP contribution in [0.4, 0.5) is 9.59 Å². The SMILES string of the molecule is C=C(/C=C\C=C/C)[C@@H](NC(=O)OC)C(=O)N1CCC[C@H]1c1ncc(C#Cc2ccc3cc(-c4cnc([C@@H]5CCCN5C(=O)[C@@H](NC(=O)OC)C(C)C)[nH]4)ccc3c2)[nH]1. The van der Waals surface area contributed by atoms with Crippen LogP contribution in [0.5, 0.6) is 0 Å². The number of aromatic nitrogens is 4. The number of carbonyl (C=O) groups is 4. The summed E-state index contributed by atoms with van der Waals surface area (Å²) in [6, 6.07) is 9.95. The number of H-pyrrole nitrogens is 2. The maximum absolute atomic E-state index is 13.8. The van der Waals surface area contributed by atoms with E-state index in [2.05, 4.69) is 55.1 Å². The Morgan fingerprint density at radius 1 is 0.845 bits per heavy atom. The smallest absolute Gasteiger partial charge is 0.407 e. The number of imidazole rings is 2. The Bertz CT molecular complexity index is 2290. The maximum Gasteiger partial charge on any atom is 0.407 e. The van der Waals surface area contributed by atoms with Gasteiger partial charge >= 0.3 is 12.2 Å². The van der Waals surface area contributed by atoms with Gasteiger partial charge in [-0.2, -0.15) is 0 Å². The van der Waals surface area contributed by atoms with Gasteiger partial charge in [-0.3, -0.25) is 9.59 Å². The number of benzene rings is 2. The monoisotopic (exact) mass is 786 g/mol. The minimum atomic E-state index is -0.994. The molecule has 2 fully saturated rings. The first-order valence-electron chi connectivity index (χ1n) is 19.4. The van der Waals surface area contributed by atoms with E-state index in [1.165, 1.54) is 14.2 Å². The summed E-state index contributed by atoms with van der Waals surface area (Å²) in [6.45, 7) is 10.8. The number of alkyl carbamates (subject to hydrolysis) is 2. The number of amides is 4. The van der Waals surface area contributed by atoms with Crippen LogP contribution in [0.1, 0.15) is 81.4 Å².